The second kappa shape index (κ2) is 5.63. The van der Waals surface area contributed by atoms with E-state index < -0.39 is 0 Å². The lowest BCUT2D eigenvalue weighted by Crippen LogP contribution is -2.21. The number of hydrogen-bond acceptors (Lipinski definition) is 6. The number of nitrogens with zero attached hydrogens (tertiary/aromatic N) is 5. The number of anilines is 1. The van der Waals surface area contributed by atoms with Crippen LogP contribution in [0.25, 0.3) is 11.2 Å². The van der Waals surface area contributed by atoms with Gasteiger partial charge in [-0.3, -0.25) is 0 Å². The molecule has 0 saturated heterocycles. The third kappa shape index (κ3) is 3.27. The molecule has 0 saturated carbocycles. The average molecular weight is 281 g/mol. The van der Waals surface area contributed by atoms with Gasteiger partial charge in [0.1, 0.15) is 5.52 Å². The first-order valence-electron chi connectivity index (χ1n) is 6.04. The second-order valence-corrected chi connectivity index (χ2v) is 4.99. The summed E-state index contributed by atoms with van der Waals surface area (Å²) < 4.78 is 0. The quantitative estimate of drug-likeness (QED) is 0.859. The fraction of sp³-hybridized carbons (Fsp3) is 0.500. The van der Waals surface area contributed by atoms with E-state index in [2.05, 4.69) is 30.2 Å². The molecule has 0 radical (unpaired) electrons. The van der Waals surface area contributed by atoms with Crippen LogP contribution in [0.1, 0.15) is 11.4 Å². The number of nitrogens with one attached hydrogen (secondary N) is 1. The summed E-state index contributed by atoms with van der Waals surface area (Å²) in [6.07, 6.45) is 0. The Kier molecular flexibility index (Phi) is 4.11. The van der Waals surface area contributed by atoms with Crippen molar-refractivity contribution in [3.05, 3.63) is 16.5 Å². The minimum Gasteiger partial charge on any atom is -0.353 e. The standard InChI is InChI=1S/C12H17ClN6/c1-7-8(2)16-11-9(15-7)10(13)17-12(18-11)14-5-6-19(3)4/h5-6H2,1-4H3,(H,14,16,17,18). The van der Waals surface area contributed by atoms with Crippen LogP contribution in [-0.2, 0) is 0 Å². The van der Waals surface area contributed by atoms with Crippen molar-refractivity contribution in [1.29, 1.82) is 0 Å². The highest BCUT2D eigenvalue weighted by Gasteiger charge is 2.10. The second-order valence-electron chi connectivity index (χ2n) is 4.63. The van der Waals surface area contributed by atoms with E-state index in [4.69, 9.17) is 11.6 Å². The first-order chi connectivity index (χ1) is 8.97. The first-order valence-corrected chi connectivity index (χ1v) is 6.42. The molecule has 2 aromatic rings. The highest BCUT2D eigenvalue weighted by atomic mass is 35.5. The molecule has 19 heavy (non-hydrogen) atoms. The first kappa shape index (κ1) is 13.9. The highest BCUT2D eigenvalue weighted by Crippen LogP contribution is 2.19. The molecule has 0 spiro atoms. The van der Waals surface area contributed by atoms with E-state index >= 15 is 0 Å². The van der Waals surface area contributed by atoms with Crippen LogP contribution in [0, 0.1) is 13.8 Å². The van der Waals surface area contributed by atoms with E-state index in [9.17, 15) is 0 Å². The maximum Gasteiger partial charge on any atom is 0.226 e. The Balaban J connectivity index is 2.30. The lowest BCUT2D eigenvalue weighted by atomic mass is 10.3. The maximum atomic E-state index is 6.12. The van der Waals surface area contributed by atoms with Crippen molar-refractivity contribution >= 4 is 28.7 Å². The molecule has 0 unspecified atom stereocenters. The Morgan fingerprint density at radius 2 is 1.74 bits per heavy atom. The molecule has 0 atom stereocenters. The molecule has 0 bridgehead atoms. The van der Waals surface area contributed by atoms with Crippen molar-refractivity contribution in [2.45, 2.75) is 13.8 Å². The van der Waals surface area contributed by atoms with Crippen LogP contribution >= 0.6 is 11.6 Å². The van der Waals surface area contributed by atoms with Gasteiger partial charge in [0.2, 0.25) is 5.95 Å². The Morgan fingerprint density at radius 1 is 1.05 bits per heavy atom. The normalized spacial score (nSPS) is 11.3. The molecule has 0 amide bonds. The SMILES string of the molecule is Cc1nc2nc(NCCN(C)C)nc(Cl)c2nc1C. The molecule has 2 aromatic heterocycles. The molecular formula is C12H17ClN6. The van der Waals surface area contributed by atoms with Gasteiger partial charge in [-0.1, -0.05) is 11.6 Å². The number of likely N-dealkylation sites (N-methyl/N-ethyl adjacent to an activating group) is 1. The van der Waals surface area contributed by atoms with Crippen LogP contribution in [0.4, 0.5) is 5.95 Å². The fourth-order valence-electron chi connectivity index (χ4n) is 1.55. The van der Waals surface area contributed by atoms with Crippen molar-refractivity contribution in [2.24, 2.45) is 0 Å². The Morgan fingerprint density at radius 3 is 2.42 bits per heavy atom. The number of fused-ring (bicyclic) bond motifs is 1. The molecule has 0 aliphatic heterocycles. The number of aryl methyl sites for hydroxylation is 2. The molecule has 0 fully saturated rings. The van der Waals surface area contributed by atoms with E-state index in [-0.39, 0.29) is 0 Å². The van der Waals surface area contributed by atoms with E-state index in [0.717, 1.165) is 24.5 Å². The van der Waals surface area contributed by atoms with E-state index in [1.165, 1.54) is 0 Å². The molecule has 0 aliphatic carbocycles. The van der Waals surface area contributed by atoms with Crippen LogP contribution in [0.2, 0.25) is 5.15 Å². The van der Waals surface area contributed by atoms with Gasteiger partial charge in [0.15, 0.2) is 10.8 Å². The average Bonchev–Trinajstić information content (AvgIpc) is 2.31. The molecule has 2 heterocycles. The molecule has 7 heteroatoms. The van der Waals surface area contributed by atoms with Gasteiger partial charge in [0, 0.05) is 13.1 Å². The van der Waals surface area contributed by atoms with Crippen LogP contribution in [0.3, 0.4) is 0 Å². The largest absolute Gasteiger partial charge is 0.353 e. The molecule has 0 aromatic carbocycles. The van der Waals surface area contributed by atoms with Gasteiger partial charge < -0.3 is 10.2 Å². The Bertz CT molecular complexity index is 598. The zero-order valence-corrected chi connectivity index (χ0v) is 12.3. The number of hydrogen-bond donors (Lipinski definition) is 1. The predicted molar refractivity (Wildman–Crippen MR) is 76.7 cm³/mol. The zero-order valence-electron chi connectivity index (χ0n) is 11.5. The summed E-state index contributed by atoms with van der Waals surface area (Å²) in [6.45, 7) is 5.42. The minimum absolute atomic E-state index is 0.327. The van der Waals surface area contributed by atoms with Gasteiger partial charge in [0.05, 0.1) is 11.4 Å². The van der Waals surface area contributed by atoms with Crippen LogP contribution in [0.5, 0.6) is 0 Å². The summed E-state index contributed by atoms with van der Waals surface area (Å²) in [5, 5.41) is 3.45. The van der Waals surface area contributed by atoms with Crippen molar-refractivity contribution in [2.75, 3.05) is 32.5 Å². The number of rotatable bonds is 4. The third-order valence-corrected chi connectivity index (χ3v) is 3.01. The summed E-state index contributed by atoms with van der Waals surface area (Å²) in [5.41, 5.74) is 2.76. The van der Waals surface area contributed by atoms with Crippen molar-refractivity contribution in [1.82, 2.24) is 24.8 Å². The van der Waals surface area contributed by atoms with Gasteiger partial charge in [0.25, 0.3) is 0 Å². The Hall–Kier alpha value is -1.53. The van der Waals surface area contributed by atoms with Gasteiger partial charge in [-0.25, -0.2) is 9.97 Å². The molecule has 102 valence electrons. The van der Waals surface area contributed by atoms with Crippen molar-refractivity contribution in [3.63, 3.8) is 0 Å². The lowest BCUT2D eigenvalue weighted by molar-refractivity contribution is 0.425. The number of aromatic nitrogens is 4. The highest BCUT2D eigenvalue weighted by molar-refractivity contribution is 6.33. The summed E-state index contributed by atoms with van der Waals surface area (Å²) in [7, 11) is 4.01. The van der Waals surface area contributed by atoms with Crippen LogP contribution in [0.15, 0.2) is 0 Å². The van der Waals surface area contributed by atoms with Gasteiger partial charge in [-0.05, 0) is 27.9 Å². The van der Waals surface area contributed by atoms with Gasteiger partial charge in [-0.2, -0.15) is 9.97 Å². The van der Waals surface area contributed by atoms with Crippen molar-refractivity contribution < 1.29 is 0 Å². The molecule has 6 nitrogen and oxygen atoms in total. The lowest BCUT2D eigenvalue weighted by Gasteiger charge is -2.11. The maximum absolute atomic E-state index is 6.12. The third-order valence-electron chi connectivity index (χ3n) is 2.74. The number of halogens is 1. The van der Waals surface area contributed by atoms with E-state index in [1.807, 2.05) is 27.9 Å². The predicted octanol–water partition coefficient (Wildman–Crippen LogP) is 1.66. The molecular weight excluding hydrogens is 264 g/mol. The summed E-state index contributed by atoms with van der Waals surface area (Å²) in [6, 6.07) is 0. The van der Waals surface area contributed by atoms with Crippen LogP contribution in [-0.4, -0.2) is 52.0 Å². The summed E-state index contributed by atoms with van der Waals surface area (Å²) in [4.78, 5) is 19.4. The van der Waals surface area contributed by atoms with E-state index in [1.54, 1.807) is 0 Å². The summed E-state index contributed by atoms with van der Waals surface area (Å²) in [5.74, 6) is 0.483. The fourth-order valence-corrected chi connectivity index (χ4v) is 1.76. The minimum atomic E-state index is 0.327. The molecule has 0 aliphatic rings. The van der Waals surface area contributed by atoms with E-state index in [0.29, 0.717) is 22.3 Å². The van der Waals surface area contributed by atoms with Gasteiger partial charge in [-0.15, -0.1) is 0 Å². The smallest absolute Gasteiger partial charge is 0.226 e. The van der Waals surface area contributed by atoms with Crippen LogP contribution < -0.4 is 5.32 Å². The molecule has 2 rings (SSSR count). The van der Waals surface area contributed by atoms with Gasteiger partial charge >= 0.3 is 0 Å². The molecule has 1 N–H and O–H groups in total. The Labute approximate surface area is 117 Å². The van der Waals surface area contributed by atoms with Crippen molar-refractivity contribution in [3.8, 4) is 0 Å². The topological polar surface area (TPSA) is 66.8 Å². The summed E-state index contributed by atoms with van der Waals surface area (Å²) >= 11 is 6.12. The zero-order chi connectivity index (χ0) is 14.0. The monoisotopic (exact) mass is 280 g/mol.